The van der Waals surface area contributed by atoms with E-state index in [0.29, 0.717) is 24.3 Å². The van der Waals surface area contributed by atoms with Crippen molar-refractivity contribution < 1.29 is 22.9 Å². The van der Waals surface area contributed by atoms with Gasteiger partial charge in [0.05, 0.1) is 31.1 Å². The number of carbonyl (C=O) groups excluding carboxylic acids is 2. The van der Waals surface area contributed by atoms with E-state index in [9.17, 15) is 18.0 Å². The van der Waals surface area contributed by atoms with Crippen LogP contribution in [-0.2, 0) is 19.6 Å². The Morgan fingerprint density at radius 3 is 2.44 bits per heavy atom. The molecule has 2 rings (SSSR count). The van der Waals surface area contributed by atoms with E-state index in [1.807, 2.05) is 0 Å². The Balaban J connectivity index is 1.97. The molecule has 2 amide bonds. The summed E-state index contributed by atoms with van der Waals surface area (Å²) in [6.07, 6.45) is 0. The molecule has 0 bridgehead atoms. The number of hydrogen-bond donors (Lipinski definition) is 3. The minimum absolute atomic E-state index is 0.0569. The number of rotatable bonds is 5. The van der Waals surface area contributed by atoms with Gasteiger partial charge in [-0.2, -0.15) is 0 Å². The Morgan fingerprint density at radius 2 is 1.88 bits per heavy atom. The molecule has 8 nitrogen and oxygen atoms in total. The van der Waals surface area contributed by atoms with Gasteiger partial charge in [0.25, 0.3) is 5.91 Å². The lowest BCUT2D eigenvalue weighted by Crippen LogP contribution is -3.15. The SMILES string of the molecule is CNS(=O)(=O)c1cc(NC(=O)C[NH+]2CCN(C(C)=O)CC2)ccc1C. The molecular weight excluding hydrogens is 344 g/mol. The van der Waals surface area contributed by atoms with Crippen LogP contribution >= 0.6 is 0 Å². The van der Waals surface area contributed by atoms with Gasteiger partial charge in [-0.25, -0.2) is 13.1 Å². The van der Waals surface area contributed by atoms with E-state index in [-0.39, 0.29) is 23.3 Å². The largest absolute Gasteiger partial charge is 0.332 e. The third kappa shape index (κ3) is 5.00. The topological polar surface area (TPSA) is 100 Å². The van der Waals surface area contributed by atoms with Crippen molar-refractivity contribution in [2.45, 2.75) is 18.7 Å². The van der Waals surface area contributed by atoms with Gasteiger partial charge in [-0.15, -0.1) is 0 Å². The third-order valence-electron chi connectivity index (χ3n) is 4.36. The predicted octanol–water partition coefficient (Wildman–Crippen LogP) is -1.41. The van der Waals surface area contributed by atoms with Crippen LogP contribution in [-0.4, -0.2) is 64.9 Å². The Hall–Kier alpha value is -1.97. The zero-order valence-corrected chi connectivity index (χ0v) is 15.6. The monoisotopic (exact) mass is 369 g/mol. The molecule has 0 aromatic heterocycles. The van der Waals surface area contributed by atoms with Crippen LogP contribution in [0.1, 0.15) is 12.5 Å². The van der Waals surface area contributed by atoms with Crippen molar-refractivity contribution >= 4 is 27.5 Å². The highest BCUT2D eigenvalue weighted by atomic mass is 32.2. The van der Waals surface area contributed by atoms with Crippen LogP contribution in [0.2, 0.25) is 0 Å². The maximum Gasteiger partial charge on any atom is 0.279 e. The molecule has 0 unspecified atom stereocenters. The second-order valence-corrected chi connectivity index (χ2v) is 8.02. The molecule has 1 aliphatic rings. The molecular formula is C16H25N4O4S+. The fourth-order valence-electron chi connectivity index (χ4n) is 2.82. The summed E-state index contributed by atoms with van der Waals surface area (Å²) in [6.45, 7) is 6.27. The molecule has 25 heavy (non-hydrogen) atoms. The zero-order valence-electron chi connectivity index (χ0n) is 14.8. The minimum Gasteiger partial charge on any atom is -0.332 e. The quantitative estimate of drug-likeness (QED) is 0.594. The normalized spacial score (nSPS) is 15.9. The van der Waals surface area contributed by atoms with E-state index in [0.717, 1.165) is 18.0 Å². The molecule has 1 fully saturated rings. The van der Waals surface area contributed by atoms with Crippen LogP contribution in [0.5, 0.6) is 0 Å². The van der Waals surface area contributed by atoms with Gasteiger partial charge < -0.3 is 15.1 Å². The van der Waals surface area contributed by atoms with Gasteiger partial charge in [0.2, 0.25) is 15.9 Å². The summed E-state index contributed by atoms with van der Waals surface area (Å²) < 4.78 is 26.3. The van der Waals surface area contributed by atoms with Crippen molar-refractivity contribution in [3.8, 4) is 0 Å². The average Bonchev–Trinajstić information content (AvgIpc) is 2.57. The number of benzene rings is 1. The van der Waals surface area contributed by atoms with Crippen molar-refractivity contribution in [3.05, 3.63) is 23.8 Å². The number of hydrogen-bond acceptors (Lipinski definition) is 4. The summed E-state index contributed by atoms with van der Waals surface area (Å²) in [5.41, 5.74) is 1.06. The molecule has 1 heterocycles. The number of anilines is 1. The zero-order chi connectivity index (χ0) is 18.6. The Kier molecular flexibility index (Phi) is 6.15. The van der Waals surface area contributed by atoms with Crippen LogP contribution in [0.15, 0.2) is 23.1 Å². The predicted molar refractivity (Wildman–Crippen MR) is 93.9 cm³/mol. The minimum atomic E-state index is -3.57. The molecule has 138 valence electrons. The Labute approximate surface area is 148 Å². The first-order chi connectivity index (χ1) is 11.7. The number of quaternary nitrogens is 1. The highest BCUT2D eigenvalue weighted by molar-refractivity contribution is 7.89. The summed E-state index contributed by atoms with van der Waals surface area (Å²) in [4.78, 5) is 26.6. The lowest BCUT2D eigenvalue weighted by molar-refractivity contribution is -0.895. The summed E-state index contributed by atoms with van der Waals surface area (Å²) in [5.74, 6) is -0.121. The Bertz CT molecular complexity index is 755. The van der Waals surface area contributed by atoms with Crippen LogP contribution in [0.25, 0.3) is 0 Å². The van der Waals surface area contributed by atoms with E-state index in [4.69, 9.17) is 0 Å². The van der Waals surface area contributed by atoms with E-state index in [1.54, 1.807) is 30.9 Å². The van der Waals surface area contributed by atoms with Crippen molar-refractivity contribution in [1.29, 1.82) is 0 Å². The van der Waals surface area contributed by atoms with E-state index < -0.39 is 10.0 Å². The van der Waals surface area contributed by atoms with Crippen molar-refractivity contribution in [2.24, 2.45) is 0 Å². The molecule has 0 radical (unpaired) electrons. The second kappa shape index (κ2) is 7.94. The molecule has 1 aliphatic heterocycles. The molecule has 0 saturated carbocycles. The fraction of sp³-hybridized carbons (Fsp3) is 0.500. The summed E-state index contributed by atoms with van der Waals surface area (Å²) in [7, 11) is -2.22. The van der Waals surface area contributed by atoms with E-state index >= 15 is 0 Å². The second-order valence-electron chi connectivity index (χ2n) is 6.17. The number of piperazine rings is 1. The molecule has 0 aliphatic carbocycles. The van der Waals surface area contributed by atoms with Gasteiger partial charge in [0, 0.05) is 12.6 Å². The average molecular weight is 369 g/mol. The van der Waals surface area contributed by atoms with Crippen LogP contribution < -0.4 is 14.9 Å². The van der Waals surface area contributed by atoms with E-state index in [2.05, 4.69) is 10.0 Å². The van der Waals surface area contributed by atoms with Crippen LogP contribution in [0.3, 0.4) is 0 Å². The van der Waals surface area contributed by atoms with Gasteiger partial charge in [-0.3, -0.25) is 9.59 Å². The van der Waals surface area contributed by atoms with E-state index in [1.165, 1.54) is 13.1 Å². The lowest BCUT2D eigenvalue weighted by atomic mass is 10.2. The molecule has 0 spiro atoms. The van der Waals surface area contributed by atoms with Crippen molar-refractivity contribution in [2.75, 3.05) is 45.1 Å². The molecule has 3 N–H and O–H groups in total. The van der Waals surface area contributed by atoms with Crippen molar-refractivity contribution in [3.63, 3.8) is 0 Å². The molecule has 1 aromatic rings. The number of carbonyl (C=O) groups is 2. The van der Waals surface area contributed by atoms with Crippen molar-refractivity contribution in [1.82, 2.24) is 9.62 Å². The standard InChI is InChI=1S/C16H24N4O4S/c1-12-4-5-14(10-15(12)25(23,24)17-3)18-16(22)11-19-6-8-20(9-7-19)13(2)21/h4-5,10,17H,6-9,11H2,1-3H3,(H,18,22)/p+1. The highest BCUT2D eigenvalue weighted by Crippen LogP contribution is 2.19. The molecule has 9 heteroatoms. The van der Waals surface area contributed by atoms with Gasteiger partial charge in [-0.1, -0.05) is 6.07 Å². The first-order valence-corrected chi connectivity index (χ1v) is 9.64. The number of sulfonamides is 1. The summed E-state index contributed by atoms with van der Waals surface area (Å²) in [6, 6.07) is 4.81. The maximum absolute atomic E-state index is 12.2. The first kappa shape index (κ1) is 19.4. The smallest absolute Gasteiger partial charge is 0.279 e. The first-order valence-electron chi connectivity index (χ1n) is 8.16. The Morgan fingerprint density at radius 1 is 1.24 bits per heavy atom. The van der Waals surface area contributed by atoms with Gasteiger partial charge in [-0.05, 0) is 31.7 Å². The maximum atomic E-state index is 12.2. The van der Waals surface area contributed by atoms with Crippen LogP contribution in [0.4, 0.5) is 5.69 Å². The number of nitrogens with zero attached hydrogens (tertiary/aromatic N) is 1. The third-order valence-corrected chi connectivity index (χ3v) is 5.91. The lowest BCUT2D eigenvalue weighted by Gasteiger charge is -2.31. The van der Waals surface area contributed by atoms with Gasteiger partial charge in [0.15, 0.2) is 6.54 Å². The molecule has 0 atom stereocenters. The van der Waals surface area contributed by atoms with Crippen LogP contribution in [0, 0.1) is 6.92 Å². The molecule has 1 saturated heterocycles. The number of nitrogens with one attached hydrogen (secondary N) is 3. The van der Waals surface area contributed by atoms with Gasteiger partial charge >= 0.3 is 0 Å². The summed E-state index contributed by atoms with van der Waals surface area (Å²) in [5, 5.41) is 2.75. The van der Waals surface area contributed by atoms with Gasteiger partial charge in [0.1, 0.15) is 0 Å². The summed E-state index contributed by atoms with van der Waals surface area (Å²) >= 11 is 0. The highest BCUT2D eigenvalue weighted by Gasteiger charge is 2.23. The fourth-order valence-corrected chi connectivity index (χ4v) is 3.82. The number of amides is 2. The molecule has 1 aromatic carbocycles. The number of aryl methyl sites for hydroxylation is 1.